The lowest BCUT2D eigenvalue weighted by atomic mass is 9.89. The molecule has 0 aromatic rings. The first-order chi connectivity index (χ1) is 6.20. The van der Waals surface area contributed by atoms with Crippen molar-refractivity contribution in [2.45, 2.75) is 39.7 Å². The number of nitrogens with zero attached hydrogens (tertiary/aromatic N) is 1. The van der Waals surface area contributed by atoms with E-state index in [0.29, 0.717) is 12.0 Å². The molecule has 2 unspecified atom stereocenters. The zero-order valence-corrected chi connectivity index (χ0v) is 8.96. The topological polar surface area (TPSA) is 3.01 Å². The zero-order chi connectivity index (χ0) is 9.84. The third-order valence-corrected chi connectivity index (χ3v) is 2.92. The van der Waals surface area contributed by atoms with E-state index in [9.17, 15) is 0 Å². The molecule has 0 bridgehead atoms. The Bertz CT molecular complexity index is 248. The van der Waals surface area contributed by atoms with Crippen LogP contribution in [0.3, 0.4) is 0 Å². The van der Waals surface area contributed by atoms with Crippen molar-refractivity contribution in [2.75, 3.05) is 0 Å². The monoisotopic (exact) mass is 178 g/mol. The summed E-state index contributed by atoms with van der Waals surface area (Å²) in [5, 5.41) is 0. The second-order valence-corrected chi connectivity index (χ2v) is 3.78. The Morgan fingerprint density at radius 2 is 2.23 bits per heavy atom. The van der Waals surface area contributed by atoms with Gasteiger partial charge in [-0.1, -0.05) is 26.8 Å². The molecule has 2 atom stereocenters. The van der Waals surface area contributed by atoms with Gasteiger partial charge in [0.25, 0.3) is 0 Å². The number of hydrogen-bond donors (Lipinski definition) is 0. The number of rotatable bonds is 3. The van der Waals surface area contributed by atoms with Crippen LogP contribution in [0.15, 0.2) is 23.9 Å². The van der Waals surface area contributed by atoms with Crippen molar-refractivity contribution < 1.29 is 4.58 Å². The fourth-order valence-electron chi connectivity index (χ4n) is 1.92. The van der Waals surface area contributed by atoms with Crippen LogP contribution in [-0.4, -0.2) is 17.3 Å². The molecule has 1 rings (SSSR count). The first-order valence-electron chi connectivity index (χ1n) is 5.16. The minimum Gasteiger partial charge on any atom is -0.205 e. The molecule has 0 fully saturated rings. The highest BCUT2D eigenvalue weighted by atomic mass is 15.0. The standard InChI is InChI=1S/C12H20N/c1-5-10(3)12-11(6-2)8-7-9-13(12)4/h7-10,12H,4-6H2,1-3H3/q+1. The summed E-state index contributed by atoms with van der Waals surface area (Å²) in [4.78, 5) is 0. The van der Waals surface area contributed by atoms with Crippen molar-refractivity contribution in [3.05, 3.63) is 23.9 Å². The van der Waals surface area contributed by atoms with Gasteiger partial charge in [-0.05, 0) is 18.4 Å². The summed E-state index contributed by atoms with van der Waals surface area (Å²) in [6, 6.07) is 0.514. The van der Waals surface area contributed by atoms with Gasteiger partial charge in [0.1, 0.15) is 6.72 Å². The molecule has 0 saturated heterocycles. The molecular formula is C12H20N+. The highest BCUT2D eigenvalue weighted by Crippen LogP contribution is 2.23. The minimum atomic E-state index is 0.514. The summed E-state index contributed by atoms with van der Waals surface area (Å²) in [5.41, 5.74) is 1.51. The molecule has 0 radical (unpaired) electrons. The van der Waals surface area contributed by atoms with E-state index in [4.69, 9.17) is 0 Å². The largest absolute Gasteiger partial charge is 0.205 e. The summed E-state index contributed by atoms with van der Waals surface area (Å²) in [6.45, 7) is 10.8. The van der Waals surface area contributed by atoms with E-state index in [0.717, 1.165) is 6.42 Å². The summed E-state index contributed by atoms with van der Waals surface area (Å²) in [6.07, 6.45) is 8.73. The predicted molar refractivity (Wildman–Crippen MR) is 58.1 cm³/mol. The average molecular weight is 178 g/mol. The Balaban J connectivity index is 2.86. The number of hydrogen-bond acceptors (Lipinski definition) is 0. The normalized spacial score (nSPS) is 24.4. The second-order valence-electron chi connectivity index (χ2n) is 3.78. The molecule has 13 heavy (non-hydrogen) atoms. The second kappa shape index (κ2) is 4.40. The Morgan fingerprint density at radius 3 is 2.77 bits per heavy atom. The van der Waals surface area contributed by atoms with Gasteiger partial charge in [-0.3, -0.25) is 0 Å². The zero-order valence-electron chi connectivity index (χ0n) is 8.96. The van der Waals surface area contributed by atoms with Gasteiger partial charge in [0.05, 0.1) is 0 Å². The van der Waals surface area contributed by atoms with Crippen molar-refractivity contribution >= 4 is 6.72 Å². The van der Waals surface area contributed by atoms with Gasteiger partial charge in [0, 0.05) is 12.0 Å². The van der Waals surface area contributed by atoms with Crippen LogP contribution in [-0.2, 0) is 0 Å². The van der Waals surface area contributed by atoms with E-state index in [2.05, 4.69) is 50.4 Å². The van der Waals surface area contributed by atoms with Gasteiger partial charge in [0.2, 0.25) is 0 Å². The number of allylic oxidation sites excluding steroid dienone is 2. The summed E-state index contributed by atoms with van der Waals surface area (Å²) >= 11 is 0. The fraction of sp³-hybridized carbons (Fsp3) is 0.583. The molecule has 0 aliphatic carbocycles. The van der Waals surface area contributed by atoms with Crippen LogP contribution >= 0.6 is 0 Å². The molecule has 0 N–H and O–H groups in total. The summed E-state index contributed by atoms with van der Waals surface area (Å²) < 4.78 is 2.09. The van der Waals surface area contributed by atoms with Gasteiger partial charge < -0.3 is 0 Å². The maximum absolute atomic E-state index is 4.05. The predicted octanol–water partition coefficient (Wildman–Crippen LogP) is 2.98. The molecule has 0 aromatic heterocycles. The molecule has 1 aliphatic heterocycles. The lowest BCUT2D eigenvalue weighted by Gasteiger charge is -2.22. The molecule has 1 heteroatoms. The smallest absolute Gasteiger partial charge is 0.181 e. The fourth-order valence-corrected chi connectivity index (χ4v) is 1.92. The summed E-state index contributed by atoms with van der Waals surface area (Å²) in [5.74, 6) is 0.689. The lowest BCUT2D eigenvalue weighted by Crippen LogP contribution is -2.31. The molecule has 0 saturated carbocycles. The van der Waals surface area contributed by atoms with E-state index in [1.54, 1.807) is 0 Å². The average Bonchev–Trinajstić information content (AvgIpc) is 2.16. The Morgan fingerprint density at radius 1 is 1.54 bits per heavy atom. The van der Waals surface area contributed by atoms with Crippen molar-refractivity contribution in [1.82, 2.24) is 0 Å². The van der Waals surface area contributed by atoms with Gasteiger partial charge in [-0.2, -0.15) is 0 Å². The van der Waals surface area contributed by atoms with Crippen LogP contribution in [0.5, 0.6) is 0 Å². The van der Waals surface area contributed by atoms with Crippen LogP contribution in [0.1, 0.15) is 33.6 Å². The molecule has 1 aliphatic rings. The highest BCUT2D eigenvalue weighted by molar-refractivity contribution is 5.24. The van der Waals surface area contributed by atoms with Crippen LogP contribution in [0.2, 0.25) is 0 Å². The van der Waals surface area contributed by atoms with Crippen molar-refractivity contribution in [3.63, 3.8) is 0 Å². The maximum atomic E-state index is 4.05. The van der Waals surface area contributed by atoms with Crippen LogP contribution in [0, 0.1) is 5.92 Å². The first kappa shape index (κ1) is 10.2. The van der Waals surface area contributed by atoms with Crippen LogP contribution in [0.25, 0.3) is 0 Å². The Kier molecular flexibility index (Phi) is 3.47. The quantitative estimate of drug-likeness (QED) is 0.584. The van der Waals surface area contributed by atoms with E-state index < -0.39 is 0 Å². The van der Waals surface area contributed by atoms with Crippen molar-refractivity contribution in [3.8, 4) is 0 Å². The van der Waals surface area contributed by atoms with Crippen molar-refractivity contribution in [1.29, 1.82) is 0 Å². The Labute approximate surface area is 81.5 Å². The van der Waals surface area contributed by atoms with Gasteiger partial charge in [-0.25, -0.2) is 4.58 Å². The van der Waals surface area contributed by atoms with Gasteiger partial charge in [-0.15, -0.1) is 0 Å². The van der Waals surface area contributed by atoms with Crippen LogP contribution in [0.4, 0.5) is 0 Å². The van der Waals surface area contributed by atoms with Gasteiger partial charge in [0.15, 0.2) is 12.2 Å². The lowest BCUT2D eigenvalue weighted by molar-refractivity contribution is -0.492. The third-order valence-electron chi connectivity index (χ3n) is 2.92. The molecule has 1 nitrogen and oxygen atoms in total. The minimum absolute atomic E-state index is 0.514. The van der Waals surface area contributed by atoms with E-state index in [1.807, 2.05) is 0 Å². The SMILES string of the molecule is C=[N+]1C=CC=C(CC)C1C(C)CC. The maximum Gasteiger partial charge on any atom is 0.181 e. The molecule has 0 amide bonds. The van der Waals surface area contributed by atoms with Crippen molar-refractivity contribution in [2.24, 2.45) is 5.92 Å². The van der Waals surface area contributed by atoms with Gasteiger partial charge >= 0.3 is 0 Å². The molecule has 72 valence electrons. The molecule has 0 spiro atoms. The molecule has 0 aromatic carbocycles. The highest BCUT2D eigenvalue weighted by Gasteiger charge is 2.28. The van der Waals surface area contributed by atoms with E-state index >= 15 is 0 Å². The summed E-state index contributed by atoms with van der Waals surface area (Å²) in [7, 11) is 0. The third kappa shape index (κ3) is 2.09. The van der Waals surface area contributed by atoms with E-state index in [1.165, 1.54) is 12.0 Å². The van der Waals surface area contributed by atoms with Crippen LogP contribution < -0.4 is 0 Å². The van der Waals surface area contributed by atoms with E-state index in [-0.39, 0.29) is 0 Å². The molecular weight excluding hydrogens is 158 g/mol. The Hall–Kier alpha value is -0.850. The first-order valence-corrected chi connectivity index (χ1v) is 5.16. The molecule has 1 heterocycles.